The van der Waals surface area contributed by atoms with E-state index in [9.17, 15) is 0 Å². The third-order valence-electron chi connectivity index (χ3n) is 6.80. The van der Waals surface area contributed by atoms with Crippen molar-refractivity contribution in [3.63, 3.8) is 0 Å². The van der Waals surface area contributed by atoms with Gasteiger partial charge in [0.25, 0.3) is 0 Å². The smallest absolute Gasteiger partial charge is 0.193 e. The molecule has 2 aliphatic heterocycles. The maximum atomic E-state index is 4.96. The molecule has 2 saturated heterocycles. The maximum absolute atomic E-state index is 4.96. The van der Waals surface area contributed by atoms with Crippen LogP contribution in [-0.4, -0.2) is 95.7 Å². The first-order valence-electron chi connectivity index (χ1n) is 11.2. The number of aliphatic imine (C=N–C) groups is 1. The van der Waals surface area contributed by atoms with Crippen LogP contribution >= 0.6 is 11.8 Å². The molecule has 4 rings (SSSR count). The van der Waals surface area contributed by atoms with Crippen molar-refractivity contribution in [2.75, 3.05) is 64.4 Å². The lowest BCUT2D eigenvalue weighted by Gasteiger charge is -2.49. The summed E-state index contributed by atoms with van der Waals surface area (Å²) in [6.45, 7) is 8.45. The Morgan fingerprint density at radius 3 is 2.55 bits per heavy atom. The van der Waals surface area contributed by atoms with Gasteiger partial charge in [0.2, 0.25) is 0 Å². The Bertz CT molecular complexity index is 632. The maximum Gasteiger partial charge on any atom is 0.193 e. The number of thioether (sulfide) groups is 1. The van der Waals surface area contributed by atoms with E-state index in [4.69, 9.17) is 4.52 Å². The number of hydrogen-bond donors (Lipinski definition) is 1. The van der Waals surface area contributed by atoms with Crippen LogP contribution < -0.4 is 5.32 Å². The molecule has 1 aromatic rings. The number of nitrogens with one attached hydrogen (secondary N) is 1. The van der Waals surface area contributed by atoms with E-state index in [-0.39, 0.29) is 0 Å². The van der Waals surface area contributed by atoms with Crippen LogP contribution in [-0.2, 0) is 6.54 Å². The topological polar surface area (TPSA) is 60.1 Å². The number of rotatable bonds is 5. The largest absolute Gasteiger partial charge is 0.364 e. The highest BCUT2D eigenvalue weighted by Gasteiger charge is 2.38. The van der Waals surface area contributed by atoms with Crippen LogP contribution in [0.2, 0.25) is 0 Å². The fraction of sp³-hybridized carbons (Fsp3) is 0.810. The zero-order valence-electron chi connectivity index (χ0n) is 17.8. The normalized spacial score (nSPS) is 24.6. The predicted octanol–water partition coefficient (Wildman–Crippen LogP) is 2.12. The monoisotopic (exact) mass is 420 g/mol. The van der Waals surface area contributed by atoms with Gasteiger partial charge in [-0.1, -0.05) is 24.4 Å². The van der Waals surface area contributed by atoms with Gasteiger partial charge in [-0.2, -0.15) is 11.8 Å². The molecule has 0 atom stereocenters. The van der Waals surface area contributed by atoms with Crippen LogP contribution in [0.5, 0.6) is 0 Å². The minimum Gasteiger partial charge on any atom is -0.364 e. The van der Waals surface area contributed by atoms with Gasteiger partial charge in [0.15, 0.2) is 5.96 Å². The number of piperazine rings is 1. The lowest BCUT2D eigenvalue weighted by molar-refractivity contribution is 0.0615. The second-order valence-corrected chi connectivity index (χ2v) is 9.76. The fourth-order valence-electron chi connectivity index (χ4n) is 5.09. The number of nitrogens with zero attached hydrogens (tertiary/aromatic N) is 5. The summed E-state index contributed by atoms with van der Waals surface area (Å²) in [5, 5.41) is 7.83. The van der Waals surface area contributed by atoms with Crippen LogP contribution in [0.1, 0.15) is 37.8 Å². The van der Waals surface area contributed by atoms with E-state index in [1.165, 1.54) is 56.7 Å². The van der Waals surface area contributed by atoms with Crippen LogP contribution in [0, 0.1) is 0 Å². The molecular formula is C21H36N6OS. The van der Waals surface area contributed by atoms with E-state index >= 15 is 0 Å². The molecule has 0 amide bonds. The highest BCUT2D eigenvalue weighted by atomic mass is 32.2. The first-order valence-corrected chi connectivity index (χ1v) is 12.3. The highest BCUT2D eigenvalue weighted by molar-refractivity contribution is 7.99. The van der Waals surface area contributed by atoms with Gasteiger partial charge in [0.05, 0.1) is 5.69 Å². The summed E-state index contributed by atoms with van der Waals surface area (Å²) >= 11 is 2.11. The molecule has 162 valence electrons. The standard InChI is InChI=1S/C21H36N6OS/c1-22-20(26-10-8-25(9-11-26)17-19-5-14-28-24-19)23-18-21(6-3-2-4-7-21)27-12-15-29-16-13-27/h5,14H,2-4,6-13,15-18H2,1H3,(H,22,23). The zero-order valence-corrected chi connectivity index (χ0v) is 18.6. The molecule has 1 saturated carbocycles. The quantitative estimate of drug-likeness (QED) is 0.578. The zero-order chi connectivity index (χ0) is 19.9. The van der Waals surface area contributed by atoms with Gasteiger partial charge in [-0.25, -0.2) is 0 Å². The summed E-state index contributed by atoms with van der Waals surface area (Å²) in [6, 6.07) is 1.95. The molecule has 29 heavy (non-hydrogen) atoms. The third kappa shape index (κ3) is 5.27. The summed E-state index contributed by atoms with van der Waals surface area (Å²) in [6.07, 6.45) is 8.43. The van der Waals surface area contributed by atoms with Gasteiger partial charge < -0.3 is 14.7 Å². The Hall–Kier alpha value is -1.25. The van der Waals surface area contributed by atoms with Crippen molar-refractivity contribution in [1.82, 2.24) is 25.2 Å². The molecule has 0 aromatic carbocycles. The Balaban J connectivity index is 1.31. The van der Waals surface area contributed by atoms with Crippen molar-refractivity contribution < 1.29 is 4.52 Å². The molecular weight excluding hydrogens is 384 g/mol. The minimum atomic E-state index is 0.323. The Morgan fingerprint density at radius 1 is 1.14 bits per heavy atom. The SMILES string of the molecule is CN=C(NCC1(N2CCSCC2)CCCCC1)N1CCN(Cc2ccon2)CC1. The van der Waals surface area contributed by atoms with E-state index in [0.29, 0.717) is 5.54 Å². The summed E-state index contributed by atoms with van der Waals surface area (Å²) in [5.41, 5.74) is 1.34. The highest BCUT2D eigenvalue weighted by Crippen LogP contribution is 2.34. The van der Waals surface area contributed by atoms with Gasteiger partial charge in [-0.15, -0.1) is 0 Å². The molecule has 1 aromatic heterocycles. The Morgan fingerprint density at radius 2 is 1.90 bits per heavy atom. The average Bonchev–Trinajstić information content (AvgIpc) is 3.30. The lowest BCUT2D eigenvalue weighted by atomic mass is 9.80. The van der Waals surface area contributed by atoms with Crippen molar-refractivity contribution in [2.24, 2.45) is 4.99 Å². The first-order chi connectivity index (χ1) is 14.3. The van der Waals surface area contributed by atoms with Gasteiger partial charge >= 0.3 is 0 Å². The second-order valence-electron chi connectivity index (χ2n) is 8.54. The van der Waals surface area contributed by atoms with E-state index < -0.39 is 0 Å². The van der Waals surface area contributed by atoms with Crippen LogP contribution in [0.3, 0.4) is 0 Å². The minimum absolute atomic E-state index is 0.323. The number of hydrogen-bond acceptors (Lipinski definition) is 6. The van der Waals surface area contributed by atoms with Gasteiger partial charge in [0.1, 0.15) is 6.26 Å². The summed E-state index contributed by atoms with van der Waals surface area (Å²) < 4.78 is 4.96. The molecule has 1 N–H and O–H groups in total. The van der Waals surface area contributed by atoms with Gasteiger partial charge in [-0.05, 0) is 12.8 Å². The molecule has 7 nitrogen and oxygen atoms in total. The van der Waals surface area contributed by atoms with E-state index in [0.717, 1.165) is 50.9 Å². The molecule has 1 aliphatic carbocycles. The molecule has 0 radical (unpaired) electrons. The number of guanidine groups is 1. The first kappa shape index (κ1) is 21.0. The van der Waals surface area contributed by atoms with E-state index in [2.05, 4.69) is 41.9 Å². The van der Waals surface area contributed by atoms with Crippen LogP contribution in [0.15, 0.2) is 21.8 Å². The van der Waals surface area contributed by atoms with Crippen molar-refractivity contribution in [2.45, 2.75) is 44.2 Å². The number of aromatic nitrogens is 1. The molecule has 3 aliphatic rings. The summed E-state index contributed by atoms with van der Waals surface area (Å²) in [5.74, 6) is 3.64. The Labute approximate surface area is 179 Å². The molecule has 8 heteroatoms. The Kier molecular flexibility index (Phi) is 7.37. The van der Waals surface area contributed by atoms with E-state index in [1.54, 1.807) is 6.26 Å². The molecule has 3 heterocycles. The molecule has 0 unspecified atom stereocenters. The molecule has 3 fully saturated rings. The van der Waals surface area contributed by atoms with E-state index in [1.807, 2.05) is 13.1 Å². The van der Waals surface area contributed by atoms with Crippen molar-refractivity contribution >= 4 is 17.7 Å². The van der Waals surface area contributed by atoms with Crippen LogP contribution in [0.25, 0.3) is 0 Å². The summed E-state index contributed by atoms with van der Waals surface area (Å²) in [7, 11) is 1.93. The predicted molar refractivity (Wildman–Crippen MR) is 119 cm³/mol. The van der Waals surface area contributed by atoms with Crippen LogP contribution in [0.4, 0.5) is 0 Å². The van der Waals surface area contributed by atoms with Crippen molar-refractivity contribution in [3.8, 4) is 0 Å². The van der Waals surface area contributed by atoms with Gasteiger partial charge in [-0.3, -0.25) is 14.8 Å². The van der Waals surface area contributed by atoms with Crippen molar-refractivity contribution in [1.29, 1.82) is 0 Å². The molecule has 0 spiro atoms. The van der Waals surface area contributed by atoms with Gasteiger partial charge in [0, 0.05) is 82.5 Å². The lowest BCUT2D eigenvalue weighted by Crippen LogP contribution is -2.61. The third-order valence-corrected chi connectivity index (χ3v) is 7.74. The second kappa shape index (κ2) is 10.2. The van der Waals surface area contributed by atoms with Crippen molar-refractivity contribution in [3.05, 3.63) is 18.0 Å². The summed E-state index contributed by atoms with van der Waals surface area (Å²) in [4.78, 5) is 12.3. The fourth-order valence-corrected chi connectivity index (χ4v) is 6.00. The average molecular weight is 421 g/mol. The molecule has 0 bridgehead atoms.